The summed E-state index contributed by atoms with van der Waals surface area (Å²) >= 11 is 8.52. The molecule has 0 radical (unpaired) electrons. The summed E-state index contributed by atoms with van der Waals surface area (Å²) in [6.45, 7) is 4.63. The van der Waals surface area contributed by atoms with Crippen LogP contribution >= 0.6 is 34.2 Å². The van der Waals surface area contributed by atoms with Gasteiger partial charge in [-0.15, -0.1) is 0 Å². The van der Waals surface area contributed by atoms with Crippen LogP contribution in [-0.2, 0) is 6.61 Å². The number of benzene rings is 2. The van der Waals surface area contributed by atoms with Crippen LogP contribution in [0.5, 0.6) is 11.5 Å². The lowest BCUT2D eigenvalue weighted by Gasteiger charge is -2.14. The second-order valence-corrected chi connectivity index (χ2v) is 6.50. The Kier molecular flexibility index (Phi) is 6.18. The summed E-state index contributed by atoms with van der Waals surface area (Å²) in [5.41, 5.74) is 1.12. The van der Waals surface area contributed by atoms with Crippen molar-refractivity contribution in [3.05, 3.63) is 56.6 Å². The summed E-state index contributed by atoms with van der Waals surface area (Å²) in [7, 11) is 0. The monoisotopic (exact) mass is 416 g/mol. The van der Waals surface area contributed by atoms with E-state index in [1.807, 2.05) is 19.1 Å². The molecule has 112 valence electrons. The second kappa shape index (κ2) is 7.90. The molecular formula is C17H18ClIO2. The van der Waals surface area contributed by atoms with Crippen LogP contribution in [0.3, 0.4) is 0 Å². The van der Waals surface area contributed by atoms with Crippen LogP contribution < -0.4 is 9.47 Å². The summed E-state index contributed by atoms with van der Waals surface area (Å²) in [6, 6.07) is 13.8. The van der Waals surface area contributed by atoms with Gasteiger partial charge in [0.25, 0.3) is 0 Å². The van der Waals surface area contributed by atoms with Crippen LogP contribution in [0.15, 0.2) is 42.5 Å². The van der Waals surface area contributed by atoms with Crippen molar-refractivity contribution < 1.29 is 9.47 Å². The molecule has 4 heteroatoms. The summed E-state index contributed by atoms with van der Waals surface area (Å²) in [5, 5.41) is 0.571. The first-order chi connectivity index (χ1) is 10.1. The van der Waals surface area contributed by atoms with Gasteiger partial charge in [0.15, 0.2) is 0 Å². The molecule has 0 aliphatic carbocycles. The first-order valence-electron chi connectivity index (χ1n) is 6.92. The van der Waals surface area contributed by atoms with Crippen molar-refractivity contribution >= 4 is 34.2 Å². The van der Waals surface area contributed by atoms with Gasteiger partial charge in [-0.3, -0.25) is 0 Å². The Morgan fingerprint density at radius 1 is 1.14 bits per heavy atom. The normalized spacial score (nSPS) is 12.0. The number of rotatable bonds is 6. The zero-order valence-electron chi connectivity index (χ0n) is 12.1. The highest BCUT2D eigenvalue weighted by Crippen LogP contribution is 2.30. The third-order valence-electron chi connectivity index (χ3n) is 3.12. The molecule has 0 spiro atoms. The Hall–Kier alpha value is -0.940. The summed E-state index contributed by atoms with van der Waals surface area (Å²) in [5.74, 6) is 1.45. The highest BCUT2D eigenvalue weighted by atomic mass is 127. The lowest BCUT2D eigenvalue weighted by atomic mass is 10.2. The van der Waals surface area contributed by atoms with Crippen molar-refractivity contribution in [2.45, 2.75) is 33.0 Å². The van der Waals surface area contributed by atoms with E-state index in [1.54, 1.807) is 6.07 Å². The molecule has 0 bridgehead atoms. The molecule has 1 unspecified atom stereocenters. The maximum atomic E-state index is 6.24. The Labute approximate surface area is 144 Å². The van der Waals surface area contributed by atoms with Crippen molar-refractivity contribution in [1.29, 1.82) is 0 Å². The molecule has 0 aliphatic heterocycles. The average molecular weight is 417 g/mol. The molecule has 2 nitrogen and oxygen atoms in total. The molecule has 2 aromatic rings. The fraction of sp³-hybridized carbons (Fsp3) is 0.294. The van der Waals surface area contributed by atoms with Gasteiger partial charge in [0, 0.05) is 9.64 Å². The van der Waals surface area contributed by atoms with Crippen molar-refractivity contribution in [3.63, 3.8) is 0 Å². The molecule has 21 heavy (non-hydrogen) atoms. The molecule has 0 saturated heterocycles. The highest BCUT2D eigenvalue weighted by molar-refractivity contribution is 14.1. The minimum Gasteiger partial charge on any atom is -0.491 e. The van der Waals surface area contributed by atoms with Crippen LogP contribution in [-0.4, -0.2) is 6.10 Å². The summed E-state index contributed by atoms with van der Waals surface area (Å²) < 4.78 is 12.7. The molecule has 0 N–H and O–H groups in total. The topological polar surface area (TPSA) is 18.5 Å². The summed E-state index contributed by atoms with van der Waals surface area (Å²) in [6.07, 6.45) is 1.14. The molecule has 1 atom stereocenters. The van der Waals surface area contributed by atoms with E-state index >= 15 is 0 Å². The van der Waals surface area contributed by atoms with Gasteiger partial charge in [0.1, 0.15) is 18.1 Å². The molecule has 0 aromatic heterocycles. The van der Waals surface area contributed by atoms with E-state index in [2.05, 4.69) is 53.8 Å². The Morgan fingerprint density at radius 2 is 1.86 bits per heavy atom. The quantitative estimate of drug-likeness (QED) is 0.562. The van der Waals surface area contributed by atoms with Gasteiger partial charge >= 0.3 is 0 Å². The van der Waals surface area contributed by atoms with Gasteiger partial charge < -0.3 is 9.47 Å². The zero-order chi connectivity index (χ0) is 15.2. The first kappa shape index (κ1) is 16.4. The molecule has 2 rings (SSSR count). The van der Waals surface area contributed by atoms with E-state index in [-0.39, 0.29) is 6.10 Å². The van der Waals surface area contributed by atoms with Crippen molar-refractivity contribution in [2.24, 2.45) is 0 Å². The maximum Gasteiger partial charge on any atom is 0.138 e. The predicted molar refractivity (Wildman–Crippen MR) is 95.3 cm³/mol. The molecule has 0 aliphatic rings. The molecule has 2 aromatic carbocycles. The van der Waals surface area contributed by atoms with Gasteiger partial charge in [-0.1, -0.05) is 30.7 Å². The van der Waals surface area contributed by atoms with Gasteiger partial charge in [-0.25, -0.2) is 0 Å². The van der Waals surface area contributed by atoms with Crippen LogP contribution in [0.4, 0.5) is 0 Å². The third kappa shape index (κ3) is 5.08. The molecular weight excluding hydrogens is 399 g/mol. The Morgan fingerprint density at radius 3 is 2.48 bits per heavy atom. The van der Waals surface area contributed by atoms with Crippen LogP contribution in [0, 0.1) is 3.57 Å². The lowest BCUT2D eigenvalue weighted by molar-refractivity contribution is 0.217. The minimum absolute atomic E-state index is 0.180. The minimum atomic E-state index is 0.180. The van der Waals surface area contributed by atoms with E-state index in [1.165, 1.54) is 3.57 Å². The standard InChI is InChI=1S/C17H18ClIO2/c1-3-12(2)21-15-8-9-17(16(18)10-15)20-11-13-4-6-14(19)7-5-13/h4-10,12H,3,11H2,1-2H3. The Bertz CT molecular complexity index is 584. The van der Waals surface area contributed by atoms with Crippen LogP contribution in [0.2, 0.25) is 5.02 Å². The number of ether oxygens (including phenoxy) is 2. The fourth-order valence-corrected chi connectivity index (χ4v) is 2.31. The zero-order valence-corrected chi connectivity index (χ0v) is 15.0. The highest BCUT2D eigenvalue weighted by Gasteiger charge is 2.07. The van der Waals surface area contributed by atoms with Crippen molar-refractivity contribution in [3.8, 4) is 11.5 Å². The van der Waals surface area contributed by atoms with Gasteiger partial charge in [-0.2, -0.15) is 0 Å². The molecule has 0 heterocycles. The largest absolute Gasteiger partial charge is 0.491 e. The van der Waals surface area contributed by atoms with Crippen molar-refractivity contribution in [2.75, 3.05) is 0 Å². The van der Waals surface area contributed by atoms with E-state index in [0.29, 0.717) is 17.4 Å². The van der Waals surface area contributed by atoms with Gasteiger partial charge in [0.2, 0.25) is 0 Å². The fourth-order valence-electron chi connectivity index (χ4n) is 1.73. The SMILES string of the molecule is CCC(C)Oc1ccc(OCc2ccc(I)cc2)c(Cl)c1. The van der Waals surface area contributed by atoms with Gasteiger partial charge in [-0.05, 0) is 65.8 Å². The lowest BCUT2D eigenvalue weighted by Crippen LogP contribution is -2.09. The van der Waals surface area contributed by atoms with E-state index in [9.17, 15) is 0 Å². The van der Waals surface area contributed by atoms with Gasteiger partial charge in [0.05, 0.1) is 11.1 Å². The Balaban J connectivity index is 1.99. The predicted octanol–water partition coefficient (Wildman–Crippen LogP) is 5.70. The molecule has 0 amide bonds. The third-order valence-corrected chi connectivity index (χ3v) is 4.14. The molecule has 0 saturated carbocycles. The van der Waals surface area contributed by atoms with E-state index in [4.69, 9.17) is 21.1 Å². The average Bonchev–Trinajstić information content (AvgIpc) is 2.48. The van der Waals surface area contributed by atoms with Crippen LogP contribution in [0.25, 0.3) is 0 Å². The second-order valence-electron chi connectivity index (χ2n) is 4.84. The van der Waals surface area contributed by atoms with E-state index in [0.717, 1.165) is 17.7 Å². The first-order valence-corrected chi connectivity index (χ1v) is 8.37. The number of halogens is 2. The maximum absolute atomic E-state index is 6.24. The van der Waals surface area contributed by atoms with Crippen molar-refractivity contribution in [1.82, 2.24) is 0 Å². The smallest absolute Gasteiger partial charge is 0.138 e. The number of hydrogen-bond acceptors (Lipinski definition) is 2. The summed E-state index contributed by atoms with van der Waals surface area (Å²) in [4.78, 5) is 0. The van der Waals surface area contributed by atoms with E-state index < -0.39 is 0 Å². The number of hydrogen-bond donors (Lipinski definition) is 0. The molecule has 0 fully saturated rings. The van der Waals surface area contributed by atoms with Crippen LogP contribution in [0.1, 0.15) is 25.8 Å².